The minimum atomic E-state index is -1.49. The van der Waals surface area contributed by atoms with E-state index in [4.69, 9.17) is 9.47 Å². The van der Waals surface area contributed by atoms with Gasteiger partial charge in [-0.2, -0.15) is 0 Å². The normalized spacial score (nSPS) is 36.9. The molecule has 0 aromatic carbocycles. The van der Waals surface area contributed by atoms with Crippen molar-refractivity contribution in [1.82, 2.24) is 0 Å². The van der Waals surface area contributed by atoms with Gasteiger partial charge in [0, 0.05) is 0 Å². The first-order valence-electron chi connectivity index (χ1n) is 5.59. The van der Waals surface area contributed by atoms with Crippen LogP contribution >= 0.6 is 0 Å². The average molecular weight is 248 g/mol. The molecule has 0 amide bonds. The van der Waals surface area contributed by atoms with Crippen molar-refractivity contribution in [2.75, 3.05) is 0 Å². The Bertz CT molecular complexity index is 288. The minimum Gasteiger partial charge on any atom is -0.456 e. The van der Waals surface area contributed by atoms with E-state index in [2.05, 4.69) is 0 Å². The van der Waals surface area contributed by atoms with Gasteiger partial charge < -0.3 is 24.8 Å². The second kappa shape index (κ2) is 4.89. The summed E-state index contributed by atoms with van der Waals surface area (Å²) in [5, 5.41) is 28.7. The molecular weight excluding hydrogens is 228 g/mol. The molecule has 100 valence electrons. The van der Waals surface area contributed by atoms with Crippen molar-refractivity contribution in [1.29, 1.82) is 0 Å². The predicted octanol–water partition coefficient (Wildman–Crippen LogP) is -0.597. The van der Waals surface area contributed by atoms with Crippen LogP contribution in [0.2, 0.25) is 0 Å². The molecule has 0 aliphatic carbocycles. The fourth-order valence-electron chi connectivity index (χ4n) is 1.68. The molecule has 1 aliphatic rings. The molecule has 0 bridgehead atoms. The first-order chi connectivity index (χ1) is 7.66. The topological polar surface area (TPSA) is 96.2 Å². The molecule has 1 saturated heterocycles. The van der Waals surface area contributed by atoms with Gasteiger partial charge in [-0.05, 0) is 13.8 Å². The first kappa shape index (κ1) is 14.4. The molecule has 1 aliphatic heterocycles. The van der Waals surface area contributed by atoms with E-state index >= 15 is 0 Å². The highest BCUT2D eigenvalue weighted by molar-refractivity contribution is 5.71. The molecule has 1 fully saturated rings. The number of rotatable bonds is 2. The van der Waals surface area contributed by atoms with Crippen LogP contribution in [0.3, 0.4) is 0 Å². The van der Waals surface area contributed by atoms with Crippen LogP contribution in [0.5, 0.6) is 0 Å². The highest BCUT2D eigenvalue weighted by Gasteiger charge is 2.50. The van der Waals surface area contributed by atoms with Gasteiger partial charge in [0.1, 0.15) is 17.8 Å². The van der Waals surface area contributed by atoms with Gasteiger partial charge in [-0.15, -0.1) is 0 Å². The summed E-state index contributed by atoms with van der Waals surface area (Å²) in [4.78, 5) is 11.5. The molecular formula is C11H20O6. The second-order valence-corrected chi connectivity index (χ2v) is 5.11. The summed E-state index contributed by atoms with van der Waals surface area (Å²) in [7, 11) is 0. The third-order valence-corrected chi connectivity index (χ3v) is 2.78. The van der Waals surface area contributed by atoms with Crippen LogP contribution < -0.4 is 0 Å². The van der Waals surface area contributed by atoms with Crippen molar-refractivity contribution in [3.8, 4) is 0 Å². The smallest absolute Gasteiger partial charge is 0.308 e. The zero-order valence-electron chi connectivity index (χ0n) is 10.5. The molecule has 0 saturated carbocycles. The summed E-state index contributed by atoms with van der Waals surface area (Å²) < 4.78 is 10.2. The van der Waals surface area contributed by atoms with Crippen LogP contribution in [0, 0.1) is 5.92 Å². The Morgan fingerprint density at radius 2 is 1.76 bits per heavy atom. The van der Waals surface area contributed by atoms with Crippen LogP contribution in [0.1, 0.15) is 27.7 Å². The van der Waals surface area contributed by atoms with E-state index in [0.717, 1.165) is 0 Å². The number of hydrogen-bond donors (Lipinski definition) is 3. The maximum atomic E-state index is 11.5. The van der Waals surface area contributed by atoms with Gasteiger partial charge in [0.15, 0.2) is 12.4 Å². The molecule has 0 spiro atoms. The third-order valence-electron chi connectivity index (χ3n) is 2.78. The maximum Gasteiger partial charge on any atom is 0.308 e. The number of aliphatic hydroxyl groups excluding tert-OH is 3. The number of esters is 1. The molecule has 17 heavy (non-hydrogen) atoms. The zero-order valence-corrected chi connectivity index (χ0v) is 10.5. The highest BCUT2D eigenvalue weighted by Crippen LogP contribution is 2.31. The molecule has 6 nitrogen and oxygen atoms in total. The Morgan fingerprint density at radius 3 is 2.24 bits per heavy atom. The van der Waals surface area contributed by atoms with Crippen molar-refractivity contribution in [2.24, 2.45) is 5.92 Å². The monoisotopic (exact) mass is 248 g/mol. The van der Waals surface area contributed by atoms with E-state index in [0.29, 0.717) is 0 Å². The van der Waals surface area contributed by atoms with Crippen molar-refractivity contribution in [2.45, 2.75) is 57.9 Å². The molecule has 1 rings (SSSR count). The number of carbonyl (C=O) groups excluding carboxylic acids is 1. The summed E-state index contributed by atoms with van der Waals surface area (Å²) in [6, 6.07) is 0. The van der Waals surface area contributed by atoms with Crippen LogP contribution in [0.25, 0.3) is 0 Å². The van der Waals surface area contributed by atoms with Crippen molar-refractivity contribution in [3.63, 3.8) is 0 Å². The number of ether oxygens (including phenoxy) is 2. The second-order valence-electron chi connectivity index (χ2n) is 5.11. The van der Waals surface area contributed by atoms with E-state index in [1.54, 1.807) is 27.7 Å². The van der Waals surface area contributed by atoms with Gasteiger partial charge in [0.25, 0.3) is 0 Å². The van der Waals surface area contributed by atoms with Gasteiger partial charge in [-0.3, -0.25) is 4.79 Å². The lowest BCUT2D eigenvalue weighted by Gasteiger charge is -2.45. The zero-order chi connectivity index (χ0) is 13.4. The summed E-state index contributed by atoms with van der Waals surface area (Å²) >= 11 is 0. The van der Waals surface area contributed by atoms with Crippen LogP contribution in [-0.4, -0.2) is 51.5 Å². The molecule has 6 heteroatoms. The van der Waals surface area contributed by atoms with Crippen LogP contribution in [0.15, 0.2) is 0 Å². The van der Waals surface area contributed by atoms with E-state index in [1.165, 1.54) is 0 Å². The van der Waals surface area contributed by atoms with Crippen LogP contribution in [-0.2, 0) is 14.3 Å². The molecule has 4 atom stereocenters. The first-order valence-corrected chi connectivity index (χ1v) is 5.59. The summed E-state index contributed by atoms with van der Waals surface area (Å²) in [5.74, 6) is -0.837. The predicted molar refractivity (Wildman–Crippen MR) is 57.9 cm³/mol. The molecule has 0 aromatic rings. The SMILES string of the molecule is CC(C)C(=O)O[C@H]1[C@H](O)[C@H](O)C(O)OC1(C)C. The molecule has 3 N–H and O–H groups in total. The number of carbonyl (C=O) groups is 1. The van der Waals surface area contributed by atoms with E-state index in [1.807, 2.05) is 0 Å². The van der Waals surface area contributed by atoms with Gasteiger partial charge in [0.05, 0.1) is 5.92 Å². The Kier molecular flexibility index (Phi) is 4.14. The molecule has 1 heterocycles. The van der Waals surface area contributed by atoms with E-state index in [-0.39, 0.29) is 5.92 Å². The fourth-order valence-corrected chi connectivity index (χ4v) is 1.68. The van der Waals surface area contributed by atoms with Gasteiger partial charge in [-0.1, -0.05) is 13.8 Å². The van der Waals surface area contributed by atoms with Crippen molar-refractivity contribution < 1.29 is 29.6 Å². The lowest BCUT2D eigenvalue weighted by Crippen LogP contribution is -2.63. The molecule has 0 radical (unpaired) electrons. The Labute approximate surface area is 100 Å². The number of aliphatic hydroxyl groups is 3. The van der Waals surface area contributed by atoms with Gasteiger partial charge in [0.2, 0.25) is 0 Å². The fraction of sp³-hybridized carbons (Fsp3) is 0.909. The van der Waals surface area contributed by atoms with Gasteiger partial charge in [-0.25, -0.2) is 0 Å². The lowest BCUT2D eigenvalue weighted by atomic mass is 9.89. The average Bonchev–Trinajstić information content (AvgIpc) is 2.20. The highest BCUT2D eigenvalue weighted by atomic mass is 16.7. The number of hydrogen-bond acceptors (Lipinski definition) is 6. The largest absolute Gasteiger partial charge is 0.456 e. The summed E-state index contributed by atoms with van der Waals surface area (Å²) in [6.45, 7) is 6.47. The van der Waals surface area contributed by atoms with Crippen molar-refractivity contribution in [3.05, 3.63) is 0 Å². The van der Waals surface area contributed by atoms with Crippen molar-refractivity contribution >= 4 is 5.97 Å². The third kappa shape index (κ3) is 2.95. The molecule has 1 unspecified atom stereocenters. The Morgan fingerprint density at radius 1 is 1.24 bits per heavy atom. The maximum absolute atomic E-state index is 11.5. The summed E-state index contributed by atoms with van der Waals surface area (Å²) in [5.41, 5.74) is -1.07. The molecule has 0 aromatic heterocycles. The minimum absolute atomic E-state index is 0.345. The van der Waals surface area contributed by atoms with Gasteiger partial charge >= 0.3 is 5.97 Å². The van der Waals surface area contributed by atoms with Crippen LogP contribution in [0.4, 0.5) is 0 Å². The Balaban J connectivity index is 2.83. The van der Waals surface area contributed by atoms with E-state index < -0.39 is 36.2 Å². The quantitative estimate of drug-likeness (QED) is 0.565. The Hall–Kier alpha value is -0.690. The van der Waals surface area contributed by atoms with E-state index in [9.17, 15) is 20.1 Å². The lowest BCUT2D eigenvalue weighted by molar-refractivity contribution is -0.313. The summed E-state index contributed by atoms with van der Waals surface area (Å²) in [6.07, 6.45) is -5.38. The standard InChI is InChI=1S/C11H20O6/c1-5(2)9(14)16-8-6(12)7(13)10(15)17-11(8,3)4/h5-8,10,12-13,15H,1-4H3/t6-,7+,8+,10?/m1/s1.